The third kappa shape index (κ3) is 5.62. The van der Waals surface area contributed by atoms with Crippen molar-refractivity contribution in [3.63, 3.8) is 0 Å². The van der Waals surface area contributed by atoms with Crippen LogP contribution in [0.25, 0.3) is 11.0 Å². The van der Waals surface area contributed by atoms with Crippen molar-refractivity contribution in [1.29, 1.82) is 0 Å². The fourth-order valence-corrected chi connectivity index (χ4v) is 4.42. The number of imidazole rings is 1. The molecule has 2 rings (SSSR count). The van der Waals surface area contributed by atoms with Crippen LogP contribution in [0.5, 0.6) is 0 Å². The minimum Gasteiger partial charge on any atom is -0.456 e. The van der Waals surface area contributed by atoms with Crippen LogP contribution in [-0.2, 0) is 37.8 Å². The van der Waals surface area contributed by atoms with Crippen molar-refractivity contribution >= 4 is 32.9 Å². The van der Waals surface area contributed by atoms with E-state index in [-0.39, 0.29) is 35.9 Å². The molecule has 31 heavy (non-hydrogen) atoms. The molecule has 0 spiro atoms. The lowest BCUT2D eigenvalue weighted by Crippen LogP contribution is -2.44. The largest absolute Gasteiger partial charge is 0.456 e. The van der Waals surface area contributed by atoms with Gasteiger partial charge in [-0.05, 0) is 45.9 Å². The Bertz CT molecular complexity index is 1050. The summed E-state index contributed by atoms with van der Waals surface area (Å²) in [7, 11) is 1.20. The van der Waals surface area contributed by atoms with E-state index >= 15 is 0 Å². The van der Waals surface area contributed by atoms with Crippen LogP contribution in [0.1, 0.15) is 39.9 Å². The average molecular weight is 453 g/mol. The molecule has 0 aliphatic carbocycles. The molecule has 1 heterocycles. The van der Waals surface area contributed by atoms with Gasteiger partial charge in [0.05, 0.1) is 22.3 Å². The maximum atomic E-state index is 12.3. The number of sulfonamides is 1. The van der Waals surface area contributed by atoms with Crippen LogP contribution in [0.2, 0.25) is 0 Å². The lowest BCUT2D eigenvalue weighted by Gasteiger charge is -2.30. The lowest BCUT2D eigenvalue weighted by atomic mass is 10.2. The summed E-state index contributed by atoms with van der Waals surface area (Å²) in [6.45, 7) is 7.38. The van der Waals surface area contributed by atoms with Gasteiger partial charge >= 0.3 is 5.97 Å². The maximum absolute atomic E-state index is 12.3. The number of aryl methyl sites for hydroxylation is 2. The monoisotopic (exact) mass is 452 g/mol. The number of carbonyl (C=O) groups is 2. The standard InChI is InChI=1S/C21H32N4O5S/c1-14(2)25(15(3)4)20(26)13-30-21(27)11-10-19-22-17-12-16(31(28,29)23(5)6)8-9-18(17)24(19)7/h8-9,12,14-15H,10-11,13H2,1-7H3. The second kappa shape index (κ2) is 9.78. The molecule has 0 saturated heterocycles. The highest BCUT2D eigenvalue weighted by molar-refractivity contribution is 7.89. The van der Waals surface area contributed by atoms with E-state index in [1.165, 1.54) is 26.2 Å². The molecule has 0 aliphatic heterocycles. The van der Waals surface area contributed by atoms with Crippen molar-refractivity contribution in [2.75, 3.05) is 20.7 Å². The van der Waals surface area contributed by atoms with Crippen molar-refractivity contribution in [2.24, 2.45) is 7.05 Å². The molecule has 0 fully saturated rings. The summed E-state index contributed by atoms with van der Waals surface area (Å²) < 4.78 is 32.8. The van der Waals surface area contributed by atoms with E-state index in [4.69, 9.17) is 4.74 Å². The van der Waals surface area contributed by atoms with Crippen molar-refractivity contribution in [3.05, 3.63) is 24.0 Å². The molecule has 0 unspecified atom stereocenters. The Balaban J connectivity index is 2.05. The second-order valence-electron chi connectivity index (χ2n) is 8.17. The fraction of sp³-hybridized carbons (Fsp3) is 0.571. The van der Waals surface area contributed by atoms with Crippen LogP contribution < -0.4 is 0 Å². The summed E-state index contributed by atoms with van der Waals surface area (Å²) in [6, 6.07) is 4.81. The maximum Gasteiger partial charge on any atom is 0.306 e. The molecule has 1 amide bonds. The average Bonchev–Trinajstić information content (AvgIpc) is 2.99. The molecular weight excluding hydrogens is 420 g/mol. The summed E-state index contributed by atoms with van der Waals surface area (Å²) in [5, 5.41) is 0. The first-order valence-corrected chi connectivity index (χ1v) is 11.6. The highest BCUT2D eigenvalue weighted by Crippen LogP contribution is 2.22. The molecule has 9 nitrogen and oxygen atoms in total. The summed E-state index contributed by atoms with van der Waals surface area (Å²) in [5.74, 6) is -0.0804. The number of ether oxygens (including phenoxy) is 1. The topological polar surface area (TPSA) is 102 Å². The van der Waals surface area contributed by atoms with Crippen LogP contribution in [-0.4, -0.2) is 71.8 Å². The molecular formula is C21H32N4O5S. The first-order valence-electron chi connectivity index (χ1n) is 10.2. The molecule has 0 N–H and O–H groups in total. The SMILES string of the molecule is CC(C)N(C(=O)COC(=O)CCc1nc2cc(S(=O)(=O)N(C)C)ccc2n1C)C(C)C. The van der Waals surface area contributed by atoms with Gasteiger partial charge < -0.3 is 14.2 Å². The zero-order chi connectivity index (χ0) is 23.5. The summed E-state index contributed by atoms with van der Waals surface area (Å²) in [5.41, 5.74) is 1.30. The number of aromatic nitrogens is 2. The highest BCUT2D eigenvalue weighted by atomic mass is 32.2. The van der Waals surface area contributed by atoms with E-state index in [1.54, 1.807) is 11.0 Å². The quantitative estimate of drug-likeness (QED) is 0.539. The minimum absolute atomic E-state index is 0.0207. The van der Waals surface area contributed by atoms with Crippen LogP contribution in [0.3, 0.4) is 0 Å². The molecule has 10 heteroatoms. The number of hydrogen-bond acceptors (Lipinski definition) is 6. The summed E-state index contributed by atoms with van der Waals surface area (Å²) >= 11 is 0. The van der Waals surface area contributed by atoms with Gasteiger partial charge in [0.2, 0.25) is 10.0 Å². The van der Waals surface area contributed by atoms with E-state index < -0.39 is 16.0 Å². The summed E-state index contributed by atoms with van der Waals surface area (Å²) in [6.07, 6.45) is 0.378. The molecule has 1 aromatic heterocycles. The van der Waals surface area contributed by atoms with E-state index in [2.05, 4.69) is 4.98 Å². The predicted molar refractivity (Wildman–Crippen MR) is 118 cm³/mol. The van der Waals surface area contributed by atoms with Gasteiger partial charge in [0.1, 0.15) is 5.82 Å². The van der Waals surface area contributed by atoms with Gasteiger partial charge in [0, 0.05) is 39.6 Å². The molecule has 0 atom stereocenters. The lowest BCUT2D eigenvalue weighted by molar-refractivity contribution is -0.153. The van der Waals surface area contributed by atoms with Crippen LogP contribution >= 0.6 is 0 Å². The first kappa shape index (κ1) is 24.8. The van der Waals surface area contributed by atoms with Gasteiger partial charge in [-0.25, -0.2) is 17.7 Å². The van der Waals surface area contributed by atoms with E-state index in [0.717, 1.165) is 9.82 Å². The van der Waals surface area contributed by atoms with Gasteiger partial charge in [-0.15, -0.1) is 0 Å². The first-order chi connectivity index (χ1) is 14.4. The van der Waals surface area contributed by atoms with Crippen molar-refractivity contribution in [2.45, 2.75) is 57.5 Å². The number of rotatable bonds is 9. The number of fused-ring (bicyclic) bond motifs is 1. The van der Waals surface area contributed by atoms with Gasteiger partial charge in [-0.3, -0.25) is 9.59 Å². The molecule has 1 aromatic carbocycles. The van der Waals surface area contributed by atoms with Crippen LogP contribution in [0, 0.1) is 0 Å². The zero-order valence-electron chi connectivity index (χ0n) is 19.2. The molecule has 0 saturated carbocycles. The Morgan fingerprint density at radius 2 is 1.74 bits per heavy atom. The Morgan fingerprint density at radius 1 is 1.13 bits per heavy atom. The van der Waals surface area contributed by atoms with E-state index in [9.17, 15) is 18.0 Å². The van der Waals surface area contributed by atoms with Crippen molar-refractivity contribution in [1.82, 2.24) is 18.8 Å². The van der Waals surface area contributed by atoms with Crippen LogP contribution in [0.15, 0.2) is 23.1 Å². The number of carbonyl (C=O) groups excluding carboxylic acids is 2. The van der Waals surface area contributed by atoms with Crippen LogP contribution in [0.4, 0.5) is 0 Å². The van der Waals surface area contributed by atoms with Gasteiger partial charge in [0.25, 0.3) is 5.91 Å². The van der Waals surface area contributed by atoms with E-state index in [1.807, 2.05) is 39.3 Å². The number of hydrogen-bond donors (Lipinski definition) is 0. The third-order valence-corrected chi connectivity index (χ3v) is 6.84. The predicted octanol–water partition coefficient (Wildman–Crippen LogP) is 1.94. The van der Waals surface area contributed by atoms with Gasteiger partial charge in [-0.2, -0.15) is 0 Å². The van der Waals surface area contributed by atoms with Gasteiger partial charge in [-0.1, -0.05) is 0 Å². The van der Waals surface area contributed by atoms with Crippen molar-refractivity contribution < 1.29 is 22.7 Å². The fourth-order valence-electron chi connectivity index (χ4n) is 3.50. The highest BCUT2D eigenvalue weighted by Gasteiger charge is 2.22. The van der Waals surface area contributed by atoms with E-state index in [0.29, 0.717) is 17.8 Å². The molecule has 2 aromatic rings. The minimum atomic E-state index is -3.56. The van der Waals surface area contributed by atoms with Crippen molar-refractivity contribution in [3.8, 4) is 0 Å². The molecule has 0 aliphatic rings. The smallest absolute Gasteiger partial charge is 0.306 e. The molecule has 0 radical (unpaired) electrons. The Morgan fingerprint density at radius 3 is 2.29 bits per heavy atom. The molecule has 172 valence electrons. The normalized spacial score (nSPS) is 12.2. The Kier molecular flexibility index (Phi) is 7.82. The Hall–Kier alpha value is -2.46. The number of amides is 1. The Labute approximate surface area is 184 Å². The number of esters is 1. The second-order valence-corrected chi connectivity index (χ2v) is 10.3. The third-order valence-electron chi connectivity index (χ3n) is 5.03. The summed E-state index contributed by atoms with van der Waals surface area (Å²) in [4.78, 5) is 30.8. The number of nitrogens with zero attached hydrogens (tertiary/aromatic N) is 4. The zero-order valence-corrected chi connectivity index (χ0v) is 20.1. The van der Waals surface area contributed by atoms with Gasteiger partial charge in [0.15, 0.2) is 6.61 Å². The number of benzene rings is 1. The molecule has 0 bridgehead atoms.